The highest BCUT2D eigenvalue weighted by Gasteiger charge is 2.60. The molecule has 0 amide bonds. The second-order valence-corrected chi connectivity index (χ2v) is 7.86. The van der Waals surface area contributed by atoms with Crippen molar-refractivity contribution in [3.63, 3.8) is 0 Å². The van der Waals surface area contributed by atoms with Gasteiger partial charge in [-0.05, 0) is 45.7 Å². The molecule has 1 aliphatic rings. The summed E-state index contributed by atoms with van der Waals surface area (Å²) in [5, 5.41) is 2.65. The maximum Gasteiger partial charge on any atom is 0.302 e. The summed E-state index contributed by atoms with van der Waals surface area (Å²) in [4.78, 5) is 29.4. The predicted octanol–water partition coefficient (Wildman–Crippen LogP) is 3.35. The summed E-state index contributed by atoms with van der Waals surface area (Å²) in [6.45, 7) is 9.96. The van der Waals surface area contributed by atoms with E-state index >= 15 is 0 Å². The number of ether oxygens (including phenoxy) is 1. The molecule has 1 saturated heterocycles. The minimum absolute atomic E-state index is 0.0482. The van der Waals surface area contributed by atoms with Crippen LogP contribution in [0.5, 0.6) is 0 Å². The van der Waals surface area contributed by atoms with Gasteiger partial charge in [-0.3, -0.25) is 14.6 Å². The molecular weight excluding hydrogens is 354 g/mol. The van der Waals surface area contributed by atoms with Crippen molar-refractivity contribution in [1.82, 2.24) is 9.66 Å². The second-order valence-electron chi connectivity index (χ2n) is 7.86. The lowest BCUT2D eigenvalue weighted by atomic mass is 10.0. The van der Waals surface area contributed by atoms with Gasteiger partial charge in [0.05, 0.1) is 16.4 Å². The van der Waals surface area contributed by atoms with Crippen molar-refractivity contribution in [2.24, 2.45) is 0 Å². The first-order valence-corrected chi connectivity index (χ1v) is 9.86. The third-order valence-electron chi connectivity index (χ3n) is 5.47. The lowest BCUT2D eigenvalue weighted by Crippen LogP contribution is -2.37. The van der Waals surface area contributed by atoms with Gasteiger partial charge in [0.2, 0.25) is 0 Å². The van der Waals surface area contributed by atoms with Crippen LogP contribution in [0.2, 0.25) is 0 Å². The number of hydrogen-bond donors (Lipinski definition) is 0. The summed E-state index contributed by atoms with van der Waals surface area (Å²) in [6, 6.07) is 7.38. The highest BCUT2D eigenvalue weighted by Crippen LogP contribution is 2.43. The summed E-state index contributed by atoms with van der Waals surface area (Å²) in [7, 11) is 0. The number of fused-ring (bicyclic) bond motifs is 1. The Morgan fingerprint density at radius 3 is 2.64 bits per heavy atom. The molecule has 0 bridgehead atoms. The molecule has 6 heteroatoms. The molecule has 3 rings (SSSR count). The van der Waals surface area contributed by atoms with E-state index in [1.165, 1.54) is 12.5 Å². The van der Waals surface area contributed by atoms with Crippen molar-refractivity contribution in [3.8, 4) is 0 Å². The topological polar surface area (TPSA) is 64.2 Å². The fourth-order valence-corrected chi connectivity index (χ4v) is 3.85. The highest BCUT2D eigenvalue weighted by atomic mass is 16.5. The van der Waals surface area contributed by atoms with Crippen LogP contribution in [-0.2, 0) is 16.0 Å². The number of hydrogen-bond acceptors (Lipinski definition) is 5. The van der Waals surface area contributed by atoms with Gasteiger partial charge < -0.3 is 4.74 Å². The number of para-hydroxylation sites is 1. The largest absolute Gasteiger partial charge is 0.464 e. The van der Waals surface area contributed by atoms with Gasteiger partial charge in [0, 0.05) is 13.3 Å². The lowest BCUT2D eigenvalue weighted by molar-refractivity contribution is -0.140. The molecule has 1 aromatic carbocycles. The molecule has 1 aliphatic heterocycles. The van der Waals surface area contributed by atoms with Crippen LogP contribution in [0.15, 0.2) is 40.7 Å². The minimum atomic E-state index is -0.307. The first-order valence-electron chi connectivity index (χ1n) is 9.86. The molecule has 0 unspecified atom stereocenters. The Kier molecular flexibility index (Phi) is 5.59. The molecule has 1 fully saturated rings. The van der Waals surface area contributed by atoms with Crippen molar-refractivity contribution in [3.05, 3.63) is 52.1 Å². The van der Waals surface area contributed by atoms with Crippen molar-refractivity contribution in [1.29, 1.82) is 0 Å². The van der Waals surface area contributed by atoms with E-state index in [4.69, 9.17) is 9.72 Å². The van der Waals surface area contributed by atoms with Crippen molar-refractivity contribution < 1.29 is 9.53 Å². The molecule has 28 heavy (non-hydrogen) atoms. The average Bonchev–Trinajstić information content (AvgIpc) is 3.22. The monoisotopic (exact) mass is 383 g/mol. The Morgan fingerprint density at radius 2 is 2.00 bits per heavy atom. The zero-order chi connectivity index (χ0) is 20.5. The highest BCUT2D eigenvalue weighted by molar-refractivity contribution is 5.77. The van der Waals surface area contributed by atoms with E-state index in [1.807, 2.05) is 31.2 Å². The van der Waals surface area contributed by atoms with Crippen LogP contribution < -0.4 is 10.6 Å². The van der Waals surface area contributed by atoms with Crippen LogP contribution in [0, 0.1) is 0 Å². The van der Waals surface area contributed by atoms with Gasteiger partial charge in [-0.2, -0.15) is 0 Å². The van der Waals surface area contributed by atoms with Gasteiger partial charge in [-0.25, -0.2) is 9.66 Å². The number of carbonyl (C=O) groups is 1. The molecule has 0 N–H and O–H groups in total. The van der Waals surface area contributed by atoms with E-state index in [-0.39, 0.29) is 29.7 Å². The smallest absolute Gasteiger partial charge is 0.302 e. The van der Waals surface area contributed by atoms with Gasteiger partial charge in [0.15, 0.2) is 0 Å². The third-order valence-corrected chi connectivity index (χ3v) is 5.47. The molecule has 150 valence electrons. The van der Waals surface area contributed by atoms with Gasteiger partial charge in [0.1, 0.15) is 18.5 Å². The summed E-state index contributed by atoms with van der Waals surface area (Å²) in [6.07, 6.45) is 4.61. The maximum absolute atomic E-state index is 13.3. The summed E-state index contributed by atoms with van der Waals surface area (Å²) < 4.78 is 7.02. The third kappa shape index (κ3) is 3.68. The Labute approximate surface area is 165 Å². The van der Waals surface area contributed by atoms with Crippen LogP contribution in [0.1, 0.15) is 53.3 Å². The molecule has 2 aromatic rings. The van der Waals surface area contributed by atoms with Crippen LogP contribution >= 0.6 is 0 Å². The van der Waals surface area contributed by atoms with E-state index in [9.17, 15) is 9.59 Å². The number of carbonyl (C=O) groups excluding carboxylic acids is 1. The number of allylic oxidation sites excluding steroid dienone is 2. The lowest BCUT2D eigenvalue weighted by Gasteiger charge is -2.18. The Morgan fingerprint density at radius 1 is 1.29 bits per heavy atom. The van der Waals surface area contributed by atoms with Gasteiger partial charge >= 0.3 is 5.97 Å². The van der Waals surface area contributed by atoms with Crippen LogP contribution in [0.4, 0.5) is 0 Å². The molecule has 0 aliphatic carbocycles. The molecule has 0 spiro atoms. The number of nitrogens with zero attached hydrogens (tertiary/aromatic N) is 3. The predicted molar refractivity (Wildman–Crippen MR) is 111 cm³/mol. The van der Waals surface area contributed by atoms with Crippen LogP contribution in [0.25, 0.3) is 10.9 Å². The fraction of sp³-hybridized carbons (Fsp3) is 0.500. The average molecular weight is 383 g/mol. The normalized spacial score (nSPS) is 20.9. The molecule has 0 saturated carbocycles. The van der Waals surface area contributed by atoms with Crippen LogP contribution in [0.3, 0.4) is 0 Å². The maximum atomic E-state index is 13.3. The number of aryl methyl sites for hydroxylation is 1. The zero-order valence-electron chi connectivity index (χ0n) is 17.4. The Bertz CT molecular complexity index is 975. The van der Waals surface area contributed by atoms with Crippen molar-refractivity contribution in [2.45, 2.75) is 65.5 Å². The quantitative estimate of drug-likeness (QED) is 0.417. The SMILES string of the molecule is CCc1nc2ccccc2c(=O)n1N1[C@H](COC(C)=O)[C@@]1(C)CCC=C(C)C. The molecule has 2 heterocycles. The fourth-order valence-electron chi connectivity index (χ4n) is 3.85. The van der Waals surface area contributed by atoms with Gasteiger partial charge in [-0.15, -0.1) is 0 Å². The number of aromatic nitrogens is 2. The van der Waals surface area contributed by atoms with Crippen molar-refractivity contribution >= 4 is 16.9 Å². The summed E-state index contributed by atoms with van der Waals surface area (Å²) >= 11 is 0. The first-order chi connectivity index (χ1) is 13.3. The first kappa shape index (κ1) is 20.1. The number of rotatable bonds is 7. The Hall–Kier alpha value is -2.63. The molecular formula is C22H29N3O3. The van der Waals surface area contributed by atoms with E-state index in [1.54, 1.807) is 4.68 Å². The summed E-state index contributed by atoms with van der Waals surface area (Å²) in [5.41, 5.74) is 1.65. The standard InChI is InChI=1S/C22H29N3O3/c1-6-20-23-18-12-8-7-11-17(18)21(27)24(20)25-19(14-28-16(4)26)22(25,5)13-9-10-15(2)3/h7-8,10-12,19H,6,9,13-14H2,1-5H3/t19-,22-,25?/m1/s1. The molecule has 2 atom stereocenters. The summed E-state index contributed by atoms with van der Waals surface area (Å²) in [5.74, 6) is 0.417. The minimum Gasteiger partial charge on any atom is -0.464 e. The Balaban J connectivity index is 2.03. The number of benzene rings is 1. The van der Waals surface area contributed by atoms with Crippen molar-refractivity contribution in [2.75, 3.05) is 11.6 Å². The number of esters is 1. The van der Waals surface area contributed by atoms with E-state index in [2.05, 4.69) is 31.9 Å². The van der Waals surface area contributed by atoms with Crippen LogP contribution in [-0.4, -0.2) is 33.8 Å². The molecule has 1 aromatic heterocycles. The van der Waals surface area contributed by atoms with E-state index in [0.29, 0.717) is 17.3 Å². The van der Waals surface area contributed by atoms with Gasteiger partial charge in [0.25, 0.3) is 5.56 Å². The molecule has 6 nitrogen and oxygen atoms in total. The van der Waals surface area contributed by atoms with Gasteiger partial charge in [-0.1, -0.05) is 30.7 Å². The second kappa shape index (κ2) is 7.78. The van der Waals surface area contributed by atoms with E-state index < -0.39 is 0 Å². The zero-order valence-corrected chi connectivity index (χ0v) is 17.4. The van der Waals surface area contributed by atoms with E-state index in [0.717, 1.165) is 18.7 Å². The molecule has 0 radical (unpaired) electrons.